The molecule has 7 heteroatoms. The van der Waals surface area contributed by atoms with Crippen molar-refractivity contribution in [2.75, 3.05) is 6.26 Å². The Morgan fingerprint density at radius 3 is 2.52 bits per heavy atom. The summed E-state index contributed by atoms with van der Waals surface area (Å²) < 4.78 is 24.6. The number of hydrogen-bond acceptors (Lipinski definition) is 4. The highest BCUT2D eigenvalue weighted by Gasteiger charge is 2.31. The van der Waals surface area contributed by atoms with Gasteiger partial charge in [-0.05, 0) is 39.0 Å². The van der Waals surface area contributed by atoms with Crippen LogP contribution >= 0.6 is 0 Å². The first-order valence-corrected chi connectivity index (χ1v) is 8.32. The molecule has 0 saturated heterocycles. The van der Waals surface area contributed by atoms with Gasteiger partial charge in [0.2, 0.25) is 0 Å². The number of sulfone groups is 1. The zero-order valence-corrected chi connectivity index (χ0v) is 13.2. The van der Waals surface area contributed by atoms with Crippen molar-refractivity contribution >= 4 is 26.8 Å². The molecular weight excluding hydrogens is 292 g/mol. The summed E-state index contributed by atoms with van der Waals surface area (Å²) in [4.78, 5) is 15.3. The molecule has 0 unspecified atom stereocenters. The normalized spacial score (nSPS) is 12.8. The lowest BCUT2D eigenvalue weighted by atomic mass is 10.2. The quantitative estimate of drug-likeness (QED) is 0.931. The van der Waals surface area contributed by atoms with Gasteiger partial charge in [-0.1, -0.05) is 0 Å². The van der Waals surface area contributed by atoms with Crippen LogP contribution < -0.4 is 0 Å². The molecule has 1 aromatic carbocycles. The van der Waals surface area contributed by atoms with Gasteiger partial charge in [-0.3, -0.25) is 0 Å². The predicted octanol–water partition coefficient (Wildman–Crippen LogP) is 1.87. The molecule has 0 spiro atoms. The van der Waals surface area contributed by atoms with Crippen LogP contribution in [0.2, 0.25) is 0 Å². The van der Waals surface area contributed by atoms with E-state index in [0.717, 1.165) is 5.52 Å². The lowest BCUT2D eigenvalue weighted by Crippen LogP contribution is -2.36. The van der Waals surface area contributed by atoms with Gasteiger partial charge in [-0.25, -0.2) is 18.2 Å². The Hall–Kier alpha value is -1.89. The molecule has 21 heavy (non-hydrogen) atoms. The zero-order chi connectivity index (χ0) is 16.0. The Morgan fingerprint density at radius 2 is 2.00 bits per heavy atom. The summed E-state index contributed by atoms with van der Waals surface area (Å²) in [5.41, 5.74) is 1.44. The van der Waals surface area contributed by atoms with Gasteiger partial charge in [-0.15, -0.1) is 0 Å². The second-order valence-corrected chi connectivity index (χ2v) is 8.44. The summed E-state index contributed by atoms with van der Waals surface area (Å²) in [6.07, 6.45) is 1.21. The van der Waals surface area contributed by atoms with Crippen LogP contribution in [0.25, 0.3) is 11.0 Å². The first-order chi connectivity index (χ1) is 9.53. The first-order valence-electron chi connectivity index (χ1n) is 6.43. The SMILES string of the molecule is Cc1nc2cc(C(=O)O)ccc2n1CC(C)(C)S(C)(=O)=O. The fourth-order valence-corrected chi connectivity index (χ4v) is 2.44. The second kappa shape index (κ2) is 4.84. The van der Waals surface area contributed by atoms with Crippen LogP contribution in [0, 0.1) is 6.92 Å². The summed E-state index contributed by atoms with van der Waals surface area (Å²) in [6.45, 7) is 5.37. The fraction of sp³-hybridized carbons (Fsp3) is 0.429. The van der Waals surface area contributed by atoms with Gasteiger partial charge in [0.05, 0.1) is 21.3 Å². The van der Waals surface area contributed by atoms with Gasteiger partial charge in [0.1, 0.15) is 5.82 Å². The number of imidazole rings is 1. The minimum atomic E-state index is -3.23. The van der Waals surface area contributed by atoms with Crippen LogP contribution in [0.4, 0.5) is 0 Å². The number of rotatable bonds is 4. The third-order valence-corrected chi connectivity index (χ3v) is 5.87. The molecule has 114 valence electrons. The highest BCUT2D eigenvalue weighted by molar-refractivity contribution is 7.92. The van der Waals surface area contributed by atoms with Gasteiger partial charge < -0.3 is 9.67 Å². The van der Waals surface area contributed by atoms with E-state index in [-0.39, 0.29) is 12.1 Å². The molecule has 0 fully saturated rings. The summed E-state index contributed by atoms with van der Waals surface area (Å²) in [5.74, 6) is -0.357. The van der Waals surface area contributed by atoms with Crippen LogP contribution in [0.3, 0.4) is 0 Å². The Labute approximate surface area is 123 Å². The van der Waals surface area contributed by atoms with Crippen molar-refractivity contribution in [3.05, 3.63) is 29.6 Å². The molecule has 0 aliphatic rings. The molecule has 0 aliphatic carbocycles. The Bertz CT molecular complexity index is 819. The molecule has 0 atom stereocenters. The lowest BCUT2D eigenvalue weighted by Gasteiger charge is -2.24. The summed E-state index contributed by atoms with van der Waals surface area (Å²) in [5, 5.41) is 9.00. The molecule has 0 amide bonds. The summed E-state index contributed by atoms with van der Waals surface area (Å²) >= 11 is 0. The minimum absolute atomic E-state index is 0.162. The van der Waals surface area contributed by atoms with E-state index in [1.54, 1.807) is 26.8 Å². The van der Waals surface area contributed by atoms with Gasteiger partial charge >= 0.3 is 5.97 Å². The number of carboxylic acids is 1. The molecule has 0 saturated carbocycles. The molecule has 0 aliphatic heterocycles. The van der Waals surface area contributed by atoms with E-state index >= 15 is 0 Å². The van der Waals surface area contributed by atoms with E-state index in [0.29, 0.717) is 11.3 Å². The van der Waals surface area contributed by atoms with Gasteiger partial charge in [0, 0.05) is 12.8 Å². The number of aromatic nitrogens is 2. The molecule has 0 radical (unpaired) electrons. The number of benzene rings is 1. The van der Waals surface area contributed by atoms with Gasteiger partial charge in [0.25, 0.3) is 0 Å². The number of carbonyl (C=O) groups is 1. The van der Waals surface area contributed by atoms with Crippen molar-refractivity contribution in [1.82, 2.24) is 9.55 Å². The van der Waals surface area contributed by atoms with Crippen LogP contribution in [0.15, 0.2) is 18.2 Å². The lowest BCUT2D eigenvalue weighted by molar-refractivity contribution is 0.0697. The van der Waals surface area contributed by atoms with E-state index in [2.05, 4.69) is 4.98 Å². The summed E-state index contributed by atoms with van der Waals surface area (Å²) in [6, 6.07) is 4.65. The highest BCUT2D eigenvalue weighted by atomic mass is 32.2. The maximum absolute atomic E-state index is 11.9. The van der Waals surface area contributed by atoms with Gasteiger partial charge in [0.15, 0.2) is 9.84 Å². The number of nitrogens with zero attached hydrogens (tertiary/aromatic N) is 2. The topological polar surface area (TPSA) is 89.3 Å². The number of aromatic carboxylic acids is 1. The fourth-order valence-electron chi connectivity index (χ4n) is 2.08. The average Bonchev–Trinajstić information content (AvgIpc) is 2.63. The first kappa shape index (κ1) is 15.5. The van der Waals surface area contributed by atoms with Crippen molar-refractivity contribution in [3.8, 4) is 0 Å². The van der Waals surface area contributed by atoms with Crippen LogP contribution in [0.1, 0.15) is 30.0 Å². The molecule has 2 aromatic rings. The van der Waals surface area contributed by atoms with Crippen molar-refractivity contribution in [2.24, 2.45) is 0 Å². The number of carboxylic acid groups (broad SMARTS) is 1. The van der Waals surface area contributed by atoms with Gasteiger partial charge in [-0.2, -0.15) is 0 Å². The van der Waals surface area contributed by atoms with Crippen LogP contribution in [-0.2, 0) is 16.4 Å². The van der Waals surface area contributed by atoms with Crippen molar-refractivity contribution in [1.29, 1.82) is 0 Å². The zero-order valence-electron chi connectivity index (χ0n) is 12.4. The smallest absolute Gasteiger partial charge is 0.335 e. The second-order valence-electron chi connectivity index (χ2n) is 5.79. The van der Waals surface area contributed by atoms with E-state index in [1.807, 2.05) is 4.57 Å². The third kappa shape index (κ3) is 2.78. The average molecular weight is 310 g/mol. The minimum Gasteiger partial charge on any atom is -0.478 e. The van der Waals surface area contributed by atoms with Crippen molar-refractivity contribution in [2.45, 2.75) is 32.1 Å². The number of fused-ring (bicyclic) bond motifs is 1. The largest absolute Gasteiger partial charge is 0.478 e. The molecule has 1 heterocycles. The Morgan fingerprint density at radius 1 is 1.38 bits per heavy atom. The molecule has 0 bridgehead atoms. The van der Waals surface area contributed by atoms with Crippen LogP contribution in [-0.4, -0.2) is 40.0 Å². The molecule has 2 rings (SSSR count). The maximum Gasteiger partial charge on any atom is 0.335 e. The number of aryl methyl sites for hydroxylation is 1. The Balaban J connectivity index is 2.56. The summed E-state index contributed by atoms with van der Waals surface area (Å²) in [7, 11) is -3.23. The van der Waals surface area contributed by atoms with E-state index in [9.17, 15) is 13.2 Å². The van der Waals surface area contributed by atoms with Crippen LogP contribution in [0.5, 0.6) is 0 Å². The standard InChI is InChI=1S/C14H18N2O4S/c1-9-15-11-7-10(13(17)18)5-6-12(11)16(9)8-14(2,3)21(4,19)20/h5-7H,8H2,1-4H3,(H,17,18). The molecular formula is C14H18N2O4S. The maximum atomic E-state index is 11.9. The predicted molar refractivity (Wildman–Crippen MR) is 80.4 cm³/mol. The number of hydrogen-bond donors (Lipinski definition) is 1. The monoisotopic (exact) mass is 310 g/mol. The van der Waals surface area contributed by atoms with E-state index in [4.69, 9.17) is 5.11 Å². The molecule has 6 nitrogen and oxygen atoms in total. The third-order valence-electron chi connectivity index (χ3n) is 3.73. The van der Waals surface area contributed by atoms with Crippen molar-refractivity contribution in [3.63, 3.8) is 0 Å². The molecule has 1 N–H and O–H groups in total. The van der Waals surface area contributed by atoms with E-state index in [1.165, 1.54) is 18.4 Å². The molecule has 1 aromatic heterocycles. The Kier molecular flexibility index (Phi) is 3.57. The van der Waals surface area contributed by atoms with Crippen molar-refractivity contribution < 1.29 is 18.3 Å². The highest BCUT2D eigenvalue weighted by Crippen LogP contribution is 2.24. The van der Waals surface area contributed by atoms with E-state index < -0.39 is 20.6 Å².